The Bertz CT molecular complexity index is 702. The number of carbonyl (C=O) groups is 2. The van der Waals surface area contributed by atoms with Crippen molar-refractivity contribution in [3.05, 3.63) is 0 Å². The molecule has 2 heterocycles. The summed E-state index contributed by atoms with van der Waals surface area (Å²) in [6.07, 6.45) is -1.34. The van der Waals surface area contributed by atoms with Gasteiger partial charge >= 0.3 is 6.09 Å². The van der Waals surface area contributed by atoms with Gasteiger partial charge in [0, 0.05) is 13.2 Å². The van der Waals surface area contributed by atoms with E-state index in [0.29, 0.717) is 25.8 Å². The van der Waals surface area contributed by atoms with Crippen molar-refractivity contribution >= 4 is 23.8 Å². The summed E-state index contributed by atoms with van der Waals surface area (Å²) in [6.45, 7) is 9.47. The molecule has 0 spiro atoms. The molecule has 204 valence electrons. The van der Waals surface area contributed by atoms with Gasteiger partial charge in [0.25, 0.3) is 0 Å². The number of thioether (sulfide) groups is 1. The lowest BCUT2D eigenvalue weighted by Crippen LogP contribution is -2.65. The molecule has 0 radical (unpaired) electrons. The molecule has 0 bridgehead atoms. The van der Waals surface area contributed by atoms with E-state index in [9.17, 15) is 30.0 Å². The molecule has 0 aromatic heterocycles. The van der Waals surface area contributed by atoms with E-state index < -0.39 is 53.6 Å². The lowest BCUT2D eigenvalue weighted by atomic mass is 9.86. The minimum absolute atomic E-state index is 0.0697. The first kappa shape index (κ1) is 30.1. The van der Waals surface area contributed by atoms with E-state index in [4.69, 9.17) is 9.47 Å². The second kappa shape index (κ2) is 12.9. The van der Waals surface area contributed by atoms with Gasteiger partial charge in [0.05, 0.1) is 6.04 Å². The Morgan fingerprint density at radius 1 is 1.17 bits per heavy atom. The van der Waals surface area contributed by atoms with Crippen LogP contribution in [0.3, 0.4) is 0 Å². The van der Waals surface area contributed by atoms with Gasteiger partial charge in [0.1, 0.15) is 41.5 Å². The van der Waals surface area contributed by atoms with E-state index in [1.807, 2.05) is 13.8 Å². The van der Waals surface area contributed by atoms with Crippen LogP contribution in [0.15, 0.2) is 0 Å². The maximum atomic E-state index is 13.6. The highest BCUT2D eigenvalue weighted by Crippen LogP contribution is 2.32. The molecule has 35 heavy (non-hydrogen) atoms. The van der Waals surface area contributed by atoms with Crippen LogP contribution in [0.5, 0.6) is 0 Å². The predicted octanol–water partition coefficient (Wildman–Crippen LogP) is 1.09. The van der Waals surface area contributed by atoms with Crippen molar-refractivity contribution in [3.63, 3.8) is 0 Å². The Balaban J connectivity index is 2.25. The summed E-state index contributed by atoms with van der Waals surface area (Å²) in [4.78, 5) is 28.0. The summed E-state index contributed by atoms with van der Waals surface area (Å²) in [7, 11) is 0. The summed E-state index contributed by atoms with van der Waals surface area (Å²) in [6, 6.07) is -1.45. The number of aliphatic hydroxyl groups excluding tert-OH is 4. The van der Waals surface area contributed by atoms with Gasteiger partial charge in [0.15, 0.2) is 0 Å². The van der Waals surface area contributed by atoms with E-state index in [2.05, 4.69) is 5.32 Å². The molecule has 2 aliphatic rings. The maximum Gasteiger partial charge on any atom is 0.410 e. The molecular formula is C24H44N2O8S. The lowest BCUT2D eigenvalue weighted by molar-refractivity contribution is -0.208. The highest BCUT2D eigenvalue weighted by Gasteiger charge is 2.48. The summed E-state index contributed by atoms with van der Waals surface area (Å²) in [5.74, 6) is -0.392. The van der Waals surface area contributed by atoms with Crippen LogP contribution >= 0.6 is 11.8 Å². The zero-order valence-electron chi connectivity index (χ0n) is 21.7. The Hall–Kier alpha value is -1.11. The van der Waals surface area contributed by atoms with Gasteiger partial charge in [-0.1, -0.05) is 13.8 Å². The number of piperidine rings is 1. The van der Waals surface area contributed by atoms with Crippen molar-refractivity contribution < 1.29 is 39.5 Å². The van der Waals surface area contributed by atoms with Gasteiger partial charge in [-0.15, -0.1) is 11.8 Å². The van der Waals surface area contributed by atoms with Gasteiger partial charge in [-0.05, 0) is 64.5 Å². The normalized spacial score (nSPS) is 32.9. The topological polar surface area (TPSA) is 149 Å². The SMILES string of the molecule is CSC1OC(C(NC(=O)C2CC(CCCO)CCN2C(=O)OC(C)(C)C)C(C)C)C(O)C(O)C1O. The van der Waals surface area contributed by atoms with E-state index in [-0.39, 0.29) is 24.3 Å². The average molecular weight is 521 g/mol. The number of hydrogen-bond acceptors (Lipinski definition) is 9. The minimum Gasteiger partial charge on any atom is -0.444 e. The van der Waals surface area contributed by atoms with Gasteiger partial charge in [-0.25, -0.2) is 4.79 Å². The second-order valence-electron chi connectivity index (χ2n) is 10.9. The van der Waals surface area contributed by atoms with Crippen molar-refractivity contribution in [2.45, 2.75) is 108 Å². The first-order chi connectivity index (χ1) is 16.3. The molecule has 2 rings (SSSR count). The molecule has 2 saturated heterocycles. The third-order valence-electron chi connectivity index (χ3n) is 6.63. The van der Waals surface area contributed by atoms with Crippen LogP contribution < -0.4 is 5.32 Å². The highest BCUT2D eigenvalue weighted by molar-refractivity contribution is 7.99. The standard InChI is InChI=1S/C24H44N2O8S/c1-13(2)16(20-18(29)17(28)19(30)22(33-20)35-6)25-21(31)15-12-14(8-7-11-27)9-10-26(15)23(32)34-24(3,4)5/h13-20,22,27-30H,7-12H2,1-6H3,(H,25,31). The van der Waals surface area contributed by atoms with Crippen molar-refractivity contribution in [2.75, 3.05) is 19.4 Å². The van der Waals surface area contributed by atoms with Crippen LogP contribution in [-0.4, -0.2) is 104 Å². The fourth-order valence-electron chi connectivity index (χ4n) is 4.72. The first-order valence-electron chi connectivity index (χ1n) is 12.4. The molecule has 0 aromatic rings. The molecule has 10 nitrogen and oxygen atoms in total. The van der Waals surface area contributed by atoms with E-state index in [0.717, 1.165) is 6.42 Å². The summed E-state index contributed by atoms with van der Waals surface area (Å²) in [5.41, 5.74) is -1.47. The minimum atomic E-state index is -1.42. The zero-order valence-corrected chi connectivity index (χ0v) is 22.5. The number of aliphatic hydroxyl groups is 4. The number of hydrogen-bond donors (Lipinski definition) is 5. The molecule has 2 fully saturated rings. The Morgan fingerprint density at radius 2 is 1.83 bits per heavy atom. The zero-order chi connectivity index (χ0) is 26.5. The Kier molecular flexibility index (Phi) is 11.1. The molecule has 0 aromatic carbocycles. The van der Waals surface area contributed by atoms with Crippen LogP contribution in [0.4, 0.5) is 4.79 Å². The number of amides is 2. The van der Waals surface area contributed by atoms with Gasteiger partial charge in [0.2, 0.25) is 5.91 Å². The number of nitrogens with one attached hydrogen (secondary N) is 1. The lowest BCUT2D eigenvalue weighted by Gasteiger charge is -2.45. The number of carbonyl (C=O) groups excluding carboxylic acids is 2. The van der Waals surface area contributed by atoms with Crippen LogP contribution in [0.1, 0.15) is 60.3 Å². The highest BCUT2D eigenvalue weighted by atomic mass is 32.2. The quantitative estimate of drug-likeness (QED) is 0.317. The Labute approximate surface area is 212 Å². The van der Waals surface area contributed by atoms with Crippen LogP contribution in [0, 0.1) is 11.8 Å². The number of rotatable bonds is 8. The van der Waals surface area contributed by atoms with Crippen LogP contribution in [0.25, 0.3) is 0 Å². The summed E-state index contributed by atoms with van der Waals surface area (Å²) in [5, 5.41) is 43.4. The summed E-state index contributed by atoms with van der Waals surface area (Å²) >= 11 is 1.21. The molecule has 5 N–H and O–H groups in total. The molecule has 0 aliphatic carbocycles. The molecule has 0 saturated carbocycles. The number of ether oxygens (including phenoxy) is 2. The van der Waals surface area contributed by atoms with Gasteiger partial charge in [-0.2, -0.15) is 0 Å². The molecule has 2 amide bonds. The predicted molar refractivity (Wildman–Crippen MR) is 133 cm³/mol. The molecule has 2 aliphatic heterocycles. The summed E-state index contributed by atoms with van der Waals surface area (Å²) < 4.78 is 11.5. The van der Waals surface area contributed by atoms with Crippen molar-refractivity contribution in [1.29, 1.82) is 0 Å². The molecular weight excluding hydrogens is 476 g/mol. The molecule has 8 unspecified atom stereocenters. The van der Waals surface area contributed by atoms with Crippen LogP contribution in [-0.2, 0) is 14.3 Å². The second-order valence-corrected chi connectivity index (χ2v) is 11.8. The average Bonchev–Trinajstić information content (AvgIpc) is 2.78. The monoisotopic (exact) mass is 520 g/mol. The third kappa shape index (κ3) is 7.93. The number of nitrogens with zero attached hydrogens (tertiary/aromatic N) is 1. The fraction of sp³-hybridized carbons (Fsp3) is 0.917. The molecule has 11 heteroatoms. The largest absolute Gasteiger partial charge is 0.444 e. The van der Waals surface area contributed by atoms with Gasteiger partial charge in [-0.3, -0.25) is 9.69 Å². The van der Waals surface area contributed by atoms with E-state index >= 15 is 0 Å². The Morgan fingerprint density at radius 3 is 2.37 bits per heavy atom. The number of likely N-dealkylation sites (tertiary alicyclic amines) is 1. The fourth-order valence-corrected chi connectivity index (χ4v) is 5.40. The smallest absolute Gasteiger partial charge is 0.410 e. The van der Waals surface area contributed by atoms with Crippen molar-refractivity contribution in [2.24, 2.45) is 11.8 Å². The molecule has 8 atom stereocenters. The van der Waals surface area contributed by atoms with Gasteiger partial charge < -0.3 is 35.2 Å². The van der Waals surface area contributed by atoms with E-state index in [1.54, 1.807) is 27.0 Å². The van der Waals surface area contributed by atoms with Crippen LogP contribution in [0.2, 0.25) is 0 Å². The van der Waals surface area contributed by atoms with Crippen molar-refractivity contribution in [1.82, 2.24) is 10.2 Å². The van der Waals surface area contributed by atoms with E-state index in [1.165, 1.54) is 16.7 Å². The third-order valence-corrected chi connectivity index (χ3v) is 7.49. The maximum absolute atomic E-state index is 13.6. The van der Waals surface area contributed by atoms with Crippen molar-refractivity contribution in [3.8, 4) is 0 Å². The first-order valence-corrected chi connectivity index (χ1v) is 13.7.